The van der Waals surface area contributed by atoms with Gasteiger partial charge in [-0.05, 0) is 38.1 Å². The fourth-order valence-electron chi connectivity index (χ4n) is 1.63. The minimum absolute atomic E-state index is 0.577. The molecular weight excluding hydrogens is 299 g/mol. The van der Waals surface area contributed by atoms with Gasteiger partial charge in [-0.3, -0.25) is 4.79 Å². The first-order valence-corrected chi connectivity index (χ1v) is 5.81. The number of carboxylic acid groups (broad SMARTS) is 1. The number of rotatable bonds is 5. The Morgan fingerprint density at radius 1 is 1.10 bits per heavy atom. The van der Waals surface area contributed by atoms with Crippen LogP contribution >= 0.6 is 0 Å². The molecule has 21 heavy (non-hydrogen) atoms. The lowest BCUT2D eigenvalue weighted by atomic mass is 9.84. The number of aliphatic carboxylic acids is 1. The van der Waals surface area contributed by atoms with E-state index in [0.717, 1.165) is 38.1 Å². The molecular formula is C13H13F5O3. The zero-order valence-corrected chi connectivity index (χ0v) is 11.2. The van der Waals surface area contributed by atoms with Crippen LogP contribution in [0.4, 0.5) is 22.0 Å². The van der Waals surface area contributed by atoms with Crippen LogP contribution < -0.4 is 4.74 Å². The van der Waals surface area contributed by atoms with Crippen LogP contribution in [-0.2, 0) is 10.7 Å². The number of benzene rings is 1. The van der Waals surface area contributed by atoms with Crippen LogP contribution in [0.2, 0.25) is 0 Å². The first-order chi connectivity index (χ1) is 9.33. The molecule has 0 fully saturated rings. The second-order valence-corrected chi connectivity index (χ2v) is 5.14. The molecule has 0 radical (unpaired) electrons. The predicted octanol–water partition coefficient (Wildman–Crippen LogP) is 4.18. The monoisotopic (exact) mass is 312 g/mol. The minimum atomic E-state index is -4.91. The molecule has 0 unspecified atom stereocenters. The lowest BCUT2D eigenvalue weighted by Gasteiger charge is -2.26. The summed E-state index contributed by atoms with van der Waals surface area (Å²) >= 11 is 0. The third-order valence-electron chi connectivity index (χ3n) is 2.75. The molecule has 3 nitrogen and oxygen atoms in total. The van der Waals surface area contributed by atoms with Crippen molar-refractivity contribution in [3.63, 3.8) is 0 Å². The summed E-state index contributed by atoms with van der Waals surface area (Å²) in [4.78, 5) is 10.9. The molecule has 1 aromatic rings. The molecule has 0 aliphatic heterocycles. The summed E-state index contributed by atoms with van der Waals surface area (Å²) in [6, 6.07) is 3.06. The molecule has 0 heterocycles. The van der Waals surface area contributed by atoms with Crippen molar-refractivity contribution in [3.8, 4) is 5.75 Å². The summed E-state index contributed by atoms with van der Waals surface area (Å²) in [7, 11) is 0. The van der Waals surface area contributed by atoms with Crippen molar-refractivity contribution in [2.75, 3.05) is 0 Å². The normalized spacial score (nSPS) is 13.1. The fraction of sp³-hybridized carbons (Fsp3) is 0.462. The Morgan fingerprint density at radius 3 is 1.95 bits per heavy atom. The number of alkyl halides is 5. The third kappa shape index (κ3) is 4.87. The molecule has 0 amide bonds. The van der Waals surface area contributed by atoms with Crippen LogP contribution in [0, 0.1) is 5.41 Å². The maximum Gasteiger partial charge on any atom is 0.573 e. The SMILES string of the molecule is CC(C)(CC(F)(F)c1ccc(OC(F)(F)F)cc1)C(=O)O. The van der Waals surface area contributed by atoms with Crippen molar-refractivity contribution >= 4 is 5.97 Å². The van der Waals surface area contributed by atoms with Crippen LogP contribution in [0.3, 0.4) is 0 Å². The zero-order chi connectivity index (χ0) is 16.5. The van der Waals surface area contributed by atoms with Gasteiger partial charge in [-0.2, -0.15) is 0 Å². The summed E-state index contributed by atoms with van der Waals surface area (Å²) in [6.07, 6.45) is -5.88. The standard InChI is InChI=1S/C13H13F5O3/c1-11(2,10(19)20)7-12(14,15)8-3-5-9(6-4-8)21-13(16,17)18/h3-6H,7H2,1-2H3,(H,19,20). The molecule has 0 aromatic heterocycles. The topological polar surface area (TPSA) is 46.5 Å². The van der Waals surface area contributed by atoms with E-state index < -0.39 is 41.4 Å². The van der Waals surface area contributed by atoms with Crippen molar-refractivity contribution in [2.45, 2.75) is 32.6 Å². The van der Waals surface area contributed by atoms with E-state index in [1.807, 2.05) is 0 Å². The first-order valence-electron chi connectivity index (χ1n) is 5.81. The molecule has 1 N–H and O–H groups in total. The minimum Gasteiger partial charge on any atom is -0.481 e. The van der Waals surface area contributed by atoms with Gasteiger partial charge in [-0.15, -0.1) is 13.2 Å². The molecule has 0 saturated carbocycles. The van der Waals surface area contributed by atoms with E-state index in [2.05, 4.69) is 4.74 Å². The molecule has 118 valence electrons. The van der Waals surface area contributed by atoms with E-state index in [-0.39, 0.29) is 0 Å². The molecule has 0 spiro atoms. The molecule has 0 saturated heterocycles. The van der Waals surface area contributed by atoms with Gasteiger partial charge in [0.05, 0.1) is 5.41 Å². The Labute approximate surface area is 117 Å². The van der Waals surface area contributed by atoms with Gasteiger partial charge in [0.15, 0.2) is 0 Å². The van der Waals surface area contributed by atoms with Crippen LogP contribution in [-0.4, -0.2) is 17.4 Å². The van der Waals surface area contributed by atoms with Crippen molar-refractivity contribution in [1.29, 1.82) is 0 Å². The van der Waals surface area contributed by atoms with Gasteiger partial charge in [0.2, 0.25) is 0 Å². The Balaban J connectivity index is 2.92. The largest absolute Gasteiger partial charge is 0.573 e. The molecule has 1 rings (SSSR count). The van der Waals surface area contributed by atoms with E-state index >= 15 is 0 Å². The lowest BCUT2D eigenvalue weighted by molar-refractivity contribution is -0.274. The number of hydrogen-bond acceptors (Lipinski definition) is 2. The summed E-state index contributed by atoms with van der Waals surface area (Å²) in [6.45, 7) is 2.29. The Hall–Kier alpha value is -1.86. The van der Waals surface area contributed by atoms with Crippen molar-refractivity contribution in [2.24, 2.45) is 5.41 Å². The van der Waals surface area contributed by atoms with Crippen molar-refractivity contribution in [3.05, 3.63) is 29.8 Å². The summed E-state index contributed by atoms with van der Waals surface area (Å²) in [5.74, 6) is -5.50. The first kappa shape index (κ1) is 17.2. The summed E-state index contributed by atoms with van der Waals surface area (Å²) < 4.78 is 67.3. The maximum atomic E-state index is 14.0. The van der Waals surface area contributed by atoms with E-state index in [9.17, 15) is 26.7 Å². The smallest absolute Gasteiger partial charge is 0.481 e. The number of carboxylic acids is 1. The predicted molar refractivity (Wildman–Crippen MR) is 63.1 cm³/mol. The van der Waals surface area contributed by atoms with E-state index in [1.165, 1.54) is 0 Å². The van der Waals surface area contributed by atoms with Crippen LogP contribution in [0.15, 0.2) is 24.3 Å². The highest BCUT2D eigenvalue weighted by Gasteiger charge is 2.42. The maximum absolute atomic E-state index is 14.0. The molecule has 0 bridgehead atoms. The third-order valence-corrected chi connectivity index (χ3v) is 2.75. The molecule has 8 heteroatoms. The number of carbonyl (C=O) groups is 1. The number of hydrogen-bond donors (Lipinski definition) is 1. The average molecular weight is 312 g/mol. The fourth-order valence-corrected chi connectivity index (χ4v) is 1.63. The number of halogens is 5. The van der Waals surface area contributed by atoms with E-state index in [0.29, 0.717) is 0 Å². The van der Waals surface area contributed by atoms with Gasteiger partial charge in [-0.25, -0.2) is 8.78 Å². The lowest BCUT2D eigenvalue weighted by Crippen LogP contribution is -2.31. The van der Waals surface area contributed by atoms with Crippen LogP contribution in [0.1, 0.15) is 25.8 Å². The zero-order valence-electron chi connectivity index (χ0n) is 11.2. The van der Waals surface area contributed by atoms with Crippen molar-refractivity contribution < 1.29 is 36.6 Å². The van der Waals surface area contributed by atoms with Gasteiger partial charge in [0.1, 0.15) is 5.75 Å². The van der Waals surface area contributed by atoms with Gasteiger partial charge >= 0.3 is 12.3 Å². The molecule has 0 aliphatic rings. The van der Waals surface area contributed by atoms with Gasteiger partial charge < -0.3 is 9.84 Å². The van der Waals surface area contributed by atoms with Crippen LogP contribution in [0.25, 0.3) is 0 Å². The van der Waals surface area contributed by atoms with E-state index in [1.54, 1.807) is 0 Å². The van der Waals surface area contributed by atoms with Gasteiger partial charge in [-0.1, -0.05) is 0 Å². The highest BCUT2D eigenvalue weighted by Crippen LogP contribution is 2.40. The van der Waals surface area contributed by atoms with Crippen molar-refractivity contribution in [1.82, 2.24) is 0 Å². The highest BCUT2D eigenvalue weighted by molar-refractivity contribution is 5.73. The molecule has 1 aromatic carbocycles. The van der Waals surface area contributed by atoms with Crippen LogP contribution in [0.5, 0.6) is 5.75 Å². The second-order valence-electron chi connectivity index (χ2n) is 5.14. The van der Waals surface area contributed by atoms with E-state index in [4.69, 9.17) is 5.11 Å². The Kier molecular flexibility index (Phi) is 4.50. The Bertz CT molecular complexity index is 506. The molecule has 0 aliphatic carbocycles. The van der Waals surface area contributed by atoms with Gasteiger partial charge in [0.25, 0.3) is 5.92 Å². The van der Waals surface area contributed by atoms with Gasteiger partial charge in [0, 0.05) is 12.0 Å². The summed E-state index contributed by atoms with van der Waals surface area (Å²) in [5, 5.41) is 8.84. The average Bonchev–Trinajstić information content (AvgIpc) is 2.25. The number of ether oxygens (including phenoxy) is 1. The second kappa shape index (κ2) is 5.50. The summed E-state index contributed by atoms with van der Waals surface area (Å²) in [5.41, 5.74) is -2.25. The Morgan fingerprint density at radius 2 is 1.57 bits per heavy atom. The molecule has 0 atom stereocenters. The quantitative estimate of drug-likeness (QED) is 0.830. The highest BCUT2D eigenvalue weighted by atomic mass is 19.4.